The average Bonchev–Trinajstić information content (AvgIpc) is 2.59. The van der Waals surface area contributed by atoms with Crippen molar-refractivity contribution >= 4 is 28.0 Å². The fourth-order valence-electron chi connectivity index (χ4n) is 2.71. The highest BCUT2D eigenvalue weighted by Gasteiger charge is 2.59. The van der Waals surface area contributed by atoms with Crippen molar-refractivity contribution in [2.75, 3.05) is 18.9 Å². The van der Waals surface area contributed by atoms with E-state index in [9.17, 15) is 33.0 Å². The Labute approximate surface area is 184 Å². The molecule has 0 heterocycles. The molecule has 1 amide bonds. The highest BCUT2D eigenvalue weighted by Crippen LogP contribution is 2.40. The van der Waals surface area contributed by atoms with Crippen LogP contribution in [-0.2, 0) is 33.4 Å². The number of hydrogen-bond acceptors (Lipinski definition) is 8. The fourth-order valence-corrected chi connectivity index (χ4v) is 3.80. The molecule has 0 aliphatic rings. The molecule has 0 aliphatic heterocycles. The molecule has 182 valence electrons. The summed E-state index contributed by atoms with van der Waals surface area (Å²) in [5, 5.41) is 23.6. The second kappa shape index (κ2) is 10.7. The summed E-state index contributed by atoms with van der Waals surface area (Å²) < 4.78 is 34.8. The van der Waals surface area contributed by atoms with E-state index in [1.165, 1.54) is 20.8 Å². The monoisotopic (exact) mass is 467 g/mol. The molecule has 0 radical (unpaired) electrons. The van der Waals surface area contributed by atoms with Gasteiger partial charge in [-0.1, -0.05) is 27.7 Å². The summed E-state index contributed by atoms with van der Waals surface area (Å²) in [5.41, 5.74) is -5.23. The second-order valence-electron chi connectivity index (χ2n) is 9.64. The number of aliphatic hydroxyl groups is 1. The van der Waals surface area contributed by atoms with Crippen LogP contribution in [0.3, 0.4) is 0 Å². The van der Waals surface area contributed by atoms with E-state index >= 15 is 0 Å². The van der Waals surface area contributed by atoms with Crippen LogP contribution in [0.15, 0.2) is 0 Å². The third kappa shape index (κ3) is 8.38. The number of carbonyl (C=O) groups is 3. The van der Waals surface area contributed by atoms with Gasteiger partial charge in [0, 0.05) is 18.9 Å². The molecule has 2 atom stereocenters. The van der Waals surface area contributed by atoms with Crippen LogP contribution in [0.25, 0.3) is 0 Å². The number of carbonyl (C=O) groups excluding carboxylic acids is 2. The number of ether oxygens (including phenoxy) is 1. The average molecular weight is 468 g/mol. The van der Waals surface area contributed by atoms with E-state index in [1.807, 2.05) is 0 Å². The summed E-state index contributed by atoms with van der Waals surface area (Å²) in [6, 6.07) is 0. The lowest BCUT2D eigenvalue weighted by atomic mass is 9.69. The van der Waals surface area contributed by atoms with E-state index < -0.39 is 62.9 Å². The number of nitrogens with one attached hydrogen (secondary N) is 1. The minimum atomic E-state index is -4.05. The first-order valence-corrected chi connectivity index (χ1v) is 11.6. The molecule has 0 aromatic rings. The van der Waals surface area contributed by atoms with Gasteiger partial charge in [-0.3, -0.25) is 13.8 Å². The molecule has 11 heteroatoms. The van der Waals surface area contributed by atoms with Crippen LogP contribution in [0.1, 0.15) is 61.8 Å². The zero-order valence-electron chi connectivity index (χ0n) is 19.6. The fraction of sp³-hybridized carbons (Fsp3) is 0.850. The van der Waals surface area contributed by atoms with Crippen molar-refractivity contribution in [2.45, 2.75) is 73.5 Å². The zero-order valence-corrected chi connectivity index (χ0v) is 20.5. The summed E-state index contributed by atoms with van der Waals surface area (Å²) in [6.45, 7) is 11.4. The van der Waals surface area contributed by atoms with E-state index in [0.29, 0.717) is 0 Å². The number of rotatable bonds is 12. The number of carboxylic acids is 1. The van der Waals surface area contributed by atoms with Gasteiger partial charge in [-0.25, -0.2) is 4.79 Å². The normalized spacial score (nSPS) is 15.8. The van der Waals surface area contributed by atoms with E-state index in [0.717, 1.165) is 0 Å². The van der Waals surface area contributed by atoms with Gasteiger partial charge in [0.25, 0.3) is 10.1 Å². The van der Waals surface area contributed by atoms with Gasteiger partial charge in [-0.05, 0) is 33.1 Å². The van der Waals surface area contributed by atoms with Crippen molar-refractivity contribution in [3.05, 3.63) is 0 Å². The highest BCUT2D eigenvalue weighted by molar-refractivity contribution is 7.86. The Balaban J connectivity index is 5.64. The standard InChI is InChI=1S/C20H37NO9S/c1-13(2)15(30-17(25)18(4,5)6)20(26,16(23)24)19(7,8)12-29-31(27,28)11-9-10-21-14(3)22/h13,15,26H,9-12H2,1-8H3,(H,21,22)(H,23,24)/t15?,20-/m1/s1. The lowest BCUT2D eigenvalue weighted by molar-refractivity contribution is -0.217. The van der Waals surface area contributed by atoms with Crippen molar-refractivity contribution in [3.8, 4) is 0 Å². The van der Waals surface area contributed by atoms with Crippen LogP contribution in [0, 0.1) is 16.7 Å². The lowest BCUT2D eigenvalue weighted by Gasteiger charge is -2.45. The summed E-state index contributed by atoms with van der Waals surface area (Å²) in [5.74, 6) is -3.66. The lowest BCUT2D eigenvalue weighted by Crippen LogP contribution is -2.64. The van der Waals surface area contributed by atoms with E-state index in [-0.39, 0.29) is 18.9 Å². The Hall–Kier alpha value is -1.72. The van der Waals surface area contributed by atoms with Crippen molar-refractivity contribution in [3.63, 3.8) is 0 Å². The molecule has 0 aliphatic carbocycles. The maximum absolute atomic E-state index is 12.4. The van der Waals surface area contributed by atoms with Gasteiger partial charge in [-0.15, -0.1) is 0 Å². The van der Waals surface area contributed by atoms with Crippen LogP contribution in [0.2, 0.25) is 0 Å². The molecule has 0 fully saturated rings. The minimum Gasteiger partial charge on any atom is -0.479 e. The molecule has 10 nitrogen and oxygen atoms in total. The predicted octanol–water partition coefficient (Wildman–Crippen LogP) is 1.31. The van der Waals surface area contributed by atoms with Gasteiger partial charge in [0.2, 0.25) is 11.5 Å². The van der Waals surface area contributed by atoms with Crippen LogP contribution in [-0.4, -0.2) is 67.1 Å². The van der Waals surface area contributed by atoms with Crippen LogP contribution in [0.5, 0.6) is 0 Å². The predicted molar refractivity (Wildman–Crippen MR) is 114 cm³/mol. The molecule has 0 aromatic heterocycles. The third-order valence-electron chi connectivity index (χ3n) is 4.77. The summed E-state index contributed by atoms with van der Waals surface area (Å²) in [4.78, 5) is 35.4. The third-order valence-corrected chi connectivity index (χ3v) is 6.03. The Morgan fingerprint density at radius 2 is 1.58 bits per heavy atom. The molecule has 0 saturated carbocycles. The summed E-state index contributed by atoms with van der Waals surface area (Å²) >= 11 is 0. The summed E-state index contributed by atoms with van der Waals surface area (Å²) in [6.07, 6.45) is -1.36. The number of esters is 1. The zero-order chi connectivity index (χ0) is 24.8. The Morgan fingerprint density at radius 3 is 1.97 bits per heavy atom. The molecule has 0 rings (SSSR count). The number of aliphatic carboxylic acids is 1. The molecule has 0 saturated heterocycles. The first-order valence-electron chi connectivity index (χ1n) is 10.1. The molecule has 0 spiro atoms. The Morgan fingerprint density at radius 1 is 1.06 bits per heavy atom. The van der Waals surface area contributed by atoms with Gasteiger partial charge < -0.3 is 20.3 Å². The van der Waals surface area contributed by atoms with Crippen LogP contribution in [0.4, 0.5) is 0 Å². The maximum Gasteiger partial charge on any atom is 0.340 e. The first-order chi connectivity index (χ1) is 13.8. The van der Waals surface area contributed by atoms with Gasteiger partial charge in [-0.2, -0.15) is 8.42 Å². The van der Waals surface area contributed by atoms with Crippen molar-refractivity contribution in [1.29, 1.82) is 0 Å². The molecule has 3 N–H and O–H groups in total. The van der Waals surface area contributed by atoms with Crippen molar-refractivity contribution in [2.24, 2.45) is 16.7 Å². The summed E-state index contributed by atoms with van der Waals surface area (Å²) in [7, 11) is -4.05. The van der Waals surface area contributed by atoms with E-state index in [4.69, 9.17) is 8.92 Å². The molecule has 1 unspecified atom stereocenters. The largest absolute Gasteiger partial charge is 0.479 e. The Bertz CT molecular complexity index is 753. The highest BCUT2D eigenvalue weighted by atomic mass is 32.2. The number of amides is 1. The van der Waals surface area contributed by atoms with Crippen molar-refractivity contribution < 1.29 is 41.9 Å². The van der Waals surface area contributed by atoms with Gasteiger partial charge >= 0.3 is 11.9 Å². The molecule has 0 bridgehead atoms. The molecular weight excluding hydrogens is 430 g/mol. The first kappa shape index (κ1) is 29.3. The minimum absolute atomic E-state index is 0.101. The van der Waals surface area contributed by atoms with Gasteiger partial charge in [0.05, 0.1) is 17.8 Å². The van der Waals surface area contributed by atoms with Gasteiger partial charge in [0.15, 0.2) is 0 Å². The molecule has 0 aromatic carbocycles. The van der Waals surface area contributed by atoms with Crippen molar-refractivity contribution in [1.82, 2.24) is 5.32 Å². The van der Waals surface area contributed by atoms with Crippen LogP contribution >= 0.6 is 0 Å². The second-order valence-corrected chi connectivity index (χ2v) is 11.4. The molecular formula is C20H37NO9S. The SMILES string of the molecule is CC(=O)NCCCS(=O)(=O)OCC(C)(C)[C@](O)(C(=O)O)C(OC(=O)C(C)(C)C)C(C)C. The molecule has 31 heavy (non-hydrogen) atoms. The van der Waals surface area contributed by atoms with Gasteiger partial charge in [0.1, 0.15) is 6.10 Å². The number of carboxylic acid groups (broad SMARTS) is 1. The van der Waals surface area contributed by atoms with E-state index in [1.54, 1.807) is 34.6 Å². The number of hydrogen-bond donors (Lipinski definition) is 3. The van der Waals surface area contributed by atoms with Crippen LogP contribution < -0.4 is 5.32 Å². The van der Waals surface area contributed by atoms with E-state index in [2.05, 4.69) is 5.32 Å². The smallest absolute Gasteiger partial charge is 0.340 e. The maximum atomic E-state index is 12.4. The Kier molecular flexibility index (Phi) is 10.1. The quantitative estimate of drug-likeness (QED) is 0.219. The topological polar surface area (TPSA) is 156 Å².